The van der Waals surface area contributed by atoms with Crippen molar-refractivity contribution in [3.8, 4) is 0 Å². The largest absolute Gasteiger partial charge is 0.295 e. The lowest BCUT2D eigenvalue weighted by atomic mass is 10.2. The number of ketones is 1. The van der Waals surface area contributed by atoms with Crippen LogP contribution in [0.3, 0.4) is 0 Å². The Kier molecular flexibility index (Phi) is 3.94. The quantitative estimate of drug-likeness (QED) is 0.607. The summed E-state index contributed by atoms with van der Waals surface area (Å²) in [6.07, 6.45) is 3.59. The lowest BCUT2D eigenvalue weighted by Gasteiger charge is -2.03. The van der Waals surface area contributed by atoms with Crippen LogP contribution in [0.4, 0.5) is 0 Å². The fraction of sp³-hybridized carbons (Fsp3) is 0.143. The van der Waals surface area contributed by atoms with Gasteiger partial charge in [0.2, 0.25) is 0 Å². The maximum Gasteiger partial charge on any atom is 0.159 e. The molecular weight excluding hydrogens is 230 g/mol. The molecule has 1 aromatic heterocycles. The van der Waals surface area contributed by atoms with Crippen molar-refractivity contribution in [2.45, 2.75) is 17.6 Å². The Balaban J connectivity index is 2.04. The predicted octanol–water partition coefficient (Wildman–Crippen LogP) is 3.58. The Morgan fingerprint density at radius 3 is 2.71 bits per heavy atom. The molecule has 1 aromatic carbocycles. The zero-order valence-electron chi connectivity index (χ0n) is 9.59. The van der Waals surface area contributed by atoms with Gasteiger partial charge in [-0.25, -0.2) is 0 Å². The van der Waals surface area contributed by atoms with E-state index >= 15 is 0 Å². The first-order valence-electron chi connectivity index (χ1n) is 5.38. The van der Waals surface area contributed by atoms with Gasteiger partial charge in [0.05, 0.1) is 0 Å². The first kappa shape index (κ1) is 11.9. The van der Waals surface area contributed by atoms with Gasteiger partial charge in [-0.1, -0.05) is 12.1 Å². The summed E-state index contributed by atoms with van der Waals surface area (Å²) in [5, 5.41) is 0. The summed E-state index contributed by atoms with van der Waals surface area (Å²) in [5.74, 6) is 1.00. The zero-order valence-corrected chi connectivity index (χ0v) is 10.4. The number of nitrogens with zero attached hydrogens (tertiary/aromatic N) is 1. The van der Waals surface area contributed by atoms with Crippen LogP contribution in [0, 0.1) is 0 Å². The summed E-state index contributed by atoms with van der Waals surface area (Å²) in [4.78, 5) is 16.4. The number of carbonyl (C=O) groups excluding carboxylic acids is 1. The molecule has 0 atom stereocenters. The van der Waals surface area contributed by atoms with Crippen molar-refractivity contribution in [1.82, 2.24) is 4.98 Å². The molecule has 0 fully saturated rings. The van der Waals surface area contributed by atoms with Crippen molar-refractivity contribution >= 4 is 17.5 Å². The van der Waals surface area contributed by atoms with Crippen molar-refractivity contribution in [1.29, 1.82) is 0 Å². The standard InChI is InChI=1S/C14H13NOS/c1-11(16)13-3-2-4-14(9-13)17-10-12-5-7-15-8-6-12/h2-9H,10H2,1H3. The highest BCUT2D eigenvalue weighted by Crippen LogP contribution is 2.23. The van der Waals surface area contributed by atoms with Gasteiger partial charge in [0.15, 0.2) is 5.78 Å². The van der Waals surface area contributed by atoms with Gasteiger partial charge in [0, 0.05) is 28.6 Å². The van der Waals surface area contributed by atoms with Crippen LogP contribution in [0.25, 0.3) is 0 Å². The van der Waals surface area contributed by atoms with E-state index in [1.54, 1.807) is 31.1 Å². The second-order valence-corrected chi connectivity index (χ2v) is 4.78. The molecule has 0 radical (unpaired) electrons. The molecule has 1 heterocycles. The van der Waals surface area contributed by atoms with Crippen molar-refractivity contribution in [3.63, 3.8) is 0 Å². The topological polar surface area (TPSA) is 30.0 Å². The zero-order chi connectivity index (χ0) is 12.1. The minimum atomic E-state index is 0.108. The number of Topliss-reactive ketones (excluding diaryl/α,β-unsaturated/α-hetero) is 1. The Morgan fingerprint density at radius 2 is 2.00 bits per heavy atom. The number of pyridine rings is 1. The van der Waals surface area contributed by atoms with Gasteiger partial charge in [-0.2, -0.15) is 0 Å². The fourth-order valence-corrected chi connectivity index (χ4v) is 2.36. The van der Waals surface area contributed by atoms with E-state index < -0.39 is 0 Å². The maximum absolute atomic E-state index is 11.3. The maximum atomic E-state index is 11.3. The molecule has 2 rings (SSSR count). The van der Waals surface area contributed by atoms with Crippen molar-refractivity contribution in [2.24, 2.45) is 0 Å². The van der Waals surface area contributed by atoms with Crippen LogP contribution in [-0.2, 0) is 5.75 Å². The van der Waals surface area contributed by atoms with Crippen molar-refractivity contribution in [2.75, 3.05) is 0 Å². The van der Waals surface area contributed by atoms with Gasteiger partial charge in [0.25, 0.3) is 0 Å². The Labute approximate surface area is 105 Å². The highest BCUT2D eigenvalue weighted by Gasteiger charge is 2.01. The second kappa shape index (κ2) is 5.64. The summed E-state index contributed by atoms with van der Waals surface area (Å²) >= 11 is 1.73. The van der Waals surface area contributed by atoms with E-state index in [2.05, 4.69) is 4.98 Å². The molecule has 0 amide bonds. The van der Waals surface area contributed by atoms with E-state index in [1.807, 2.05) is 36.4 Å². The third-order valence-corrected chi connectivity index (χ3v) is 3.46. The number of rotatable bonds is 4. The molecule has 0 saturated carbocycles. The van der Waals surface area contributed by atoms with Gasteiger partial charge in [-0.05, 0) is 36.8 Å². The number of aromatic nitrogens is 1. The van der Waals surface area contributed by atoms with Crippen LogP contribution in [0.5, 0.6) is 0 Å². The summed E-state index contributed by atoms with van der Waals surface area (Å²) < 4.78 is 0. The highest BCUT2D eigenvalue weighted by atomic mass is 32.2. The molecule has 0 unspecified atom stereocenters. The van der Waals surface area contributed by atoms with Gasteiger partial charge in [-0.15, -0.1) is 11.8 Å². The van der Waals surface area contributed by atoms with Gasteiger partial charge < -0.3 is 0 Å². The lowest BCUT2D eigenvalue weighted by molar-refractivity contribution is 0.101. The van der Waals surface area contributed by atoms with Crippen LogP contribution in [-0.4, -0.2) is 10.8 Å². The van der Waals surface area contributed by atoms with Crippen molar-refractivity contribution < 1.29 is 4.79 Å². The second-order valence-electron chi connectivity index (χ2n) is 3.73. The molecule has 0 aliphatic rings. The first-order valence-corrected chi connectivity index (χ1v) is 6.37. The average Bonchev–Trinajstić information content (AvgIpc) is 2.38. The van der Waals surface area contributed by atoms with Crippen LogP contribution >= 0.6 is 11.8 Å². The summed E-state index contributed by atoms with van der Waals surface area (Å²) in [6, 6.07) is 11.7. The van der Waals surface area contributed by atoms with E-state index in [9.17, 15) is 4.79 Å². The Hall–Kier alpha value is -1.61. The number of hydrogen-bond donors (Lipinski definition) is 0. The van der Waals surface area contributed by atoms with E-state index in [0.29, 0.717) is 0 Å². The SMILES string of the molecule is CC(=O)c1cccc(SCc2ccncc2)c1. The number of carbonyl (C=O) groups is 1. The van der Waals surface area contributed by atoms with Crippen LogP contribution < -0.4 is 0 Å². The van der Waals surface area contributed by atoms with Gasteiger partial charge in [-0.3, -0.25) is 9.78 Å². The third-order valence-electron chi connectivity index (χ3n) is 2.40. The fourth-order valence-electron chi connectivity index (χ4n) is 1.45. The Morgan fingerprint density at radius 1 is 1.24 bits per heavy atom. The van der Waals surface area contributed by atoms with Crippen molar-refractivity contribution in [3.05, 3.63) is 59.9 Å². The monoisotopic (exact) mass is 243 g/mol. The molecule has 0 saturated heterocycles. The van der Waals surface area contributed by atoms with E-state index in [1.165, 1.54) is 5.56 Å². The molecule has 17 heavy (non-hydrogen) atoms. The highest BCUT2D eigenvalue weighted by molar-refractivity contribution is 7.98. The smallest absolute Gasteiger partial charge is 0.159 e. The summed E-state index contributed by atoms with van der Waals surface area (Å²) in [5.41, 5.74) is 2.00. The number of hydrogen-bond acceptors (Lipinski definition) is 3. The predicted molar refractivity (Wildman–Crippen MR) is 70.2 cm³/mol. The molecule has 0 bridgehead atoms. The van der Waals surface area contributed by atoms with Crippen LogP contribution in [0.2, 0.25) is 0 Å². The summed E-state index contributed by atoms with van der Waals surface area (Å²) in [6.45, 7) is 1.59. The van der Waals surface area contributed by atoms with E-state index in [0.717, 1.165) is 16.2 Å². The molecular formula is C14H13NOS. The van der Waals surface area contributed by atoms with E-state index in [4.69, 9.17) is 0 Å². The average molecular weight is 243 g/mol. The molecule has 2 nitrogen and oxygen atoms in total. The van der Waals surface area contributed by atoms with Gasteiger partial charge >= 0.3 is 0 Å². The summed E-state index contributed by atoms with van der Waals surface area (Å²) in [7, 11) is 0. The third kappa shape index (κ3) is 3.43. The minimum absolute atomic E-state index is 0.108. The molecule has 0 aliphatic carbocycles. The Bertz CT molecular complexity index is 511. The van der Waals surface area contributed by atoms with Gasteiger partial charge in [0.1, 0.15) is 0 Å². The lowest BCUT2D eigenvalue weighted by Crippen LogP contribution is -1.91. The molecule has 3 heteroatoms. The molecule has 0 aliphatic heterocycles. The first-order chi connectivity index (χ1) is 8.25. The number of benzene rings is 1. The molecule has 86 valence electrons. The number of thioether (sulfide) groups is 1. The minimum Gasteiger partial charge on any atom is -0.295 e. The molecule has 2 aromatic rings. The van der Waals surface area contributed by atoms with Crippen LogP contribution in [0.15, 0.2) is 53.7 Å². The molecule has 0 spiro atoms. The normalized spacial score (nSPS) is 10.2. The van der Waals surface area contributed by atoms with E-state index in [-0.39, 0.29) is 5.78 Å². The molecule has 0 N–H and O–H groups in total. The van der Waals surface area contributed by atoms with Crippen LogP contribution in [0.1, 0.15) is 22.8 Å².